The van der Waals surface area contributed by atoms with E-state index in [4.69, 9.17) is 15.6 Å². The summed E-state index contributed by atoms with van der Waals surface area (Å²) in [4.78, 5) is 28.2. The molecule has 2 rings (SSSR count). The summed E-state index contributed by atoms with van der Waals surface area (Å²) in [7, 11) is 0. The zero-order chi connectivity index (χ0) is 15.4. The fraction of sp³-hybridized carbons (Fsp3) is 0.500. The quantitative estimate of drug-likeness (QED) is 0.821. The minimum atomic E-state index is -0.955. The summed E-state index contributed by atoms with van der Waals surface area (Å²) < 4.78 is 5.29. The van der Waals surface area contributed by atoms with E-state index in [-0.39, 0.29) is 12.7 Å². The largest absolute Gasteiger partial charge is 0.480 e. The number of amides is 1. The SMILES string of the molecule is Cc1cc(C(N)=O)cc(N2CCC(OCC(=O)O)CC2)n1. The molecule has 0 aliphatic carbocycles. The van der Waals surface area contributed by atoms with Crippen molar-refractivity contribution in [3.63, 3.8) is 0 Å². The molecule has 21 heavy (non-hydrogen) atoms. The summed E-state index contributed by atoms with van der Waals surface area (Å²) in [6.45, 7) is 2.97. The van der Waals surface area contributed by atoms with E-state index in [1.165, 1.54) is 0 Å². The third kappa shape index (κ3) is 4.16. The highest BCUT2D eigenvalue weighted by atomic mass is 16.5. The van der Waals surface area contributed by atoms with Crippen molar-refractivity contribution in [3.05, 3.63) is 23.4 Å². The number of aliphatic carboxylic acids is 1. The number of anilines is 1. The molecule has 1 aliphatic heterocycles. The standard InChI is InChI=1S/C14H19N3O4/c1-9-6-10(14(15)20)7-12(16-9)17-4-2-11(3-5-17)21-8-13(18)19/h6-7,11H,2-5,8H2,1H3,(H2,15,20)(H,18,19). The third-order valence-electron chi connectivity index (χ3n) is 3.43. The van der Waals surface area contributed by atoms with Crippen molar-refractivity contribution in [2.75, 3.05) is 24.6 Å². The number of carboxylic acids is 1. The van der Waals surface area contributed by atoms with Crippen LogP contribution in [0.25, 0.3) is 0 Å². The number of carboxylic acid groups (broad SMARTS) is 1. The molecule has 1 aromatic rings. The Labute approximate surface area is 122 Å². The summed E-state index contributed by atoms with van der Waals surface area (Å²) in [6, 6.07) is 3.35. The van der Waals surface area contributed by atoms with Gasteiger partial charge in [-0.3, -0.25) is 4.79 Å². The van der Waals surface area contributed by atoms with Gasteiger partial charge in [-0.15, -0.1) is 0 Å². The summed E-state index contributed by atoms with van der Waals surface area (Å²) in [6.07, 6.45) is 1.42. The Hall–Kier alpha value is -2.15. The van der Waals surface area contributed by atoms with E-state index >= 15 is 0 Å². The van der Waals surface area contributed by atoms with E-state index in [1.807, 2.05) is 6.92 Å². The maximum Gasteiger partial charge on any atom is 0.329 e. The van der Waals surface area contributed by atoms with Crippen molar-refractivity contribution in [2.24, 2.45) is 5.73 Å². The van der Waals surface area contributed by atoms with E-state index in [0.717, 1.165) is 24.4 Å². The molecule has 1 aliphatic rings. The number of hydrogen-bond donors (Lipinski definition) is 2. The van der Waals surface area contributed by atoms with Crippen LogP contribution in [0, 0.1) is 6.92 Å². The Morgan fingerprint density at radius 2 is 2.10 bits per heavy atom. The molecule has 0 bridgehead atoms. The number of primary amides is 1. The van der Waals surface area contributed by atoms with E-state index in [1.54, 1.807) is 12.1 Å². The van der Waals surface area contributed by atoms with Crippen molar-refractivity contribution in [2.45, 2.75) is 25.9 Å². The van der Waals surface area contributed by atoms with Gasteiger partial charge in [0.1, 0.15) is 12.4 Å². The second-order valence-electron chi connectivity index (χ2n) is 5.11. The number of ether oxygens (including phenoxy) is 1. The number of carbonyl (C=O) groups is 2. The molecule has 0 aromatic carbocycles. The maximum absolute atomic E-state index is 11.3. The Bertz CT molecular complexity index is 539. The first-order chi connectivity index (χ1) is 9.95. The molecule has 0 radical (unpaired) electrons. The number of rotatable bonds is 5. The molecule has 0 atom stereocenters. The summed E-state index contributed by atoms with van der Waals surface area (Å²) in [5.41, 5.74) is 6.50. The first kappa shape index (κ1) is 15.2. The summed E-state index contributed by atoms with van der Waals surface area (Å²) in [5, 5.41) is 8.60. The number of nitrogens with two attached hydrogens (primary N) is 1. The van der Waals surface area contributed by atoms with E-state index in [2.05, 4.69) is 9.88 Å². The number of nitrogens with zero attached hydrogens (tertiary/aromatic N) is 2. The number of hydrogen-bond acceptors (Lipinski definition) is 5. The third-order valence-corrected chi connectivity index (χ3v) is 3.43. The van der Waals surface area contributed by atoms with Crippen molar-refractivity contribution in [1.29, 1.82) is 0 Å². The smallest absolute Gasteiger partial charge is 0.329 e. The average Bonchev–Trinajstić information content (AvgIpc) is 2.45. The van der Waals surface area contributed by atoms with Crippen LogP contribution in [0.2, 0.25) is 0 Å². The number of aromatic nitrogens is 1. The average molecular weight is 293 g/mol. The molecule has 7 nitrogen and oxygen atoms in total. The van der Waals surface area contributed by atoms with Crippen LogP contribution >= 0.6 is 0 Å². The molecule has 1 fully saturated rings. The van der Waals surface area contributed by atoms with Crippen LogP contribution in [-0.2, 0) is 9.53 Å². The number of piperidine rings is 1. The van der Waals surface area contributed by atoms with Gasteiger partial charge in [0, 0.05) is 24.3 Å². The molecular formula is C14H19N3O4. The van der Waals surface area contributed by atoms with Crippen molar-refractivity contribution in [3.8, 4) is 0 Å². The van der Waals surface area contributed by atoms with Gasteiger partial charge in [0.2, 0.25) is 5.91 Å². The molecule has 0 saturated carbocycles. The lowest BCUT2D eigenvalue weighted by Gasteiger charge is -2.32. The second kappa shape index (κ2) is 6.53. The molecule has 2 heterocycles. The Morgan fingerprint density at radius 3 is 2.67 bits per heavy atom. The van der Waals surface area contributed by atoms with Gasteiger partial charge in [-0.25, -0.2) is 9.78 Å². The Balaban J connectivity index is 1.99. The van der Waals surface area contributed by atoms with Crippen LogP contribution in [-0.4, -0.2) is 47.8 Å². The molecule has 1 saturated heterocycles. The van der Waals surface area contributed by atoms with Crippen LogP contribution in [0.4, 0.5) is 5.82 Å². The summed E-state index contributed by atoms with van der Waals surface area (Å²) in [5.74, 6) is -0.703. The van der Waals surface area contributed by atoms with Gasteiger partial charge in [0.15, 0.2) is 0 Å². The van der Waals surface area contributed by atoms with Crippen molar-refractivity contribution < 1.29 is 19.4 Å². The zero-order valence-corrected chi connectivity index (χ0v) is 11.9. The van der Waals surface area contributed by atoms with Crippen LogP contribution in [0.1, 0.15) is 28.9 Å². The van der Waals surface area contributed by atoms with Gasteiger partial charge < -0.3 is 20.5 Å². The fourth-order valence-electron chi connectivity index (χ4n) is 2.40. The Kier molecular flexibility index (Phi) is 4.74. The van der Waals surface area contributed by atoms with Gasteiger partial charge in [-0.2, -0.15) is 0 Å². The predicted molar refractivity (Wildman–Crippen MR) is 76.3 cm³/mol. The van der Waals surface area contributed by atoms with Gasteiger partial charge in [0.25, 0.3) is 0 Å². The van der Waals surface area contributed by atoms with Crippen LogP contribution in [0.5, 0.6) is 0 Å². The molecule has 0 spiro atoms. The molecule has 0 unspecified atom stereocenters. The Morgan fingerprint density at radius 1 is 1.43 bits per heavy atom. The summed E-state index contributed by atoms with van der Waals surface area (Å²) >= 11 is 0. The highest BCUT2D eigenvalue weighted by molar-refractivity contribution is 5.93. The molecule has 7 heteroatoms. The molecule has 1 amide bonds. The number of carbonyl (C=O) groups excluding carboxylic acids is 1. The fourth-order valence-corrected chi connectivity index (χ4v) is 2.40. The number of aryl methyl sites for hydroxylation is 1. The van der Waals surface area contributed by atoms with Gasteiger partial charge in [0.05, 0.1) is 6.10 Å². The zero-order valence-electron chi connectivity index (χ0n) is 11.9. The molecule has 114 valence electrons. The van der Waals surface area contributed by atoms with Crippen LogP contribution in [0.3, 0.4) is 0 Å². The van der Waals surface area contributed by atoms with Crippen LogP contribution < -0.4 is 10.6 Å². The lowest BCUT2D eigenvalue weighted by Crippen LogP contribution is -2.38. The lowest BCUT2D eigenvalue weighted by molar-refractivity contribution is -0.144. The van der Waals surface area contributed by atoms with Gasteiger partial charge >= 0.3 is 5.97 Å². The first-order valence-corrected chi connectivity index (χ1v) is 6.82. The van der Waals surface area contributed by atoms with Crippen molar-refractivity contribution >= 4 is 17.7 Å². The van der Waals surface area contributed by atoms with E-state index in [9.17, 15) is 9.59 Å². The van der Waals surface area contributed by atoms with E-state index < -0.39 is 11.9 Å². The topological polar surface area (TPSA) is 106 Å². The number of pyridine rings is 1. The molecule has 3 N–H and O–H groups in total. The highest BCUT2D eigenvalue weighted by Crippen LogP contribution is 2.21. The van der Waals surface area contributed by atoms with Gasteiger partial charge in [-0.05, 0) is 31.9 Å². The minimum Gasteiger partial charge on any atom is -0.480 e. The van der Waals surface area contributed by atoms with Crippen molar-refractivity contribution in [1.82, 2.24) is 4.98 Å². The van der Waals surface area contributed by atoms with Crippen LogP contribution in [0.15, 0.2) is 12.1 Å². The lowest BCUT2D eigenvalue weighted by atomic mass is 10.1. The van der Waals surface area contributed by atoms with Gasteiger partial charge in [-0.1, -0.05) is 0 Å². The maximum atomic E-state index is 11.3. The monoisotopic (exact) mass is 293 g/mol. The molecule has 1 aromatic heterocycles. The second-order valence-corrected chi connectivity index (χ2v) is 5.11. The predicted octanol–water partition coefficient (Wildman–Crippen LogP) is 0.559. The molecular weight excluding hydrogens is 274 g/mol. The highest BCUT2D eigenvalue weighted by Gasteiger charge is 2.22. The van der Waals surface area contributed by atoms with E-state index in [0.29, 0.717) is 18.7 Å². The minimum absolute atomic E-state index is 0.0437. The normalized spacial score (nSPS) is 16.0. The first-order valence-electron chi connectivity index (χ1n) is 6.82.